The van der Waals surface area contributed by atoms with Crippen LogP contribution < -0.4 is 5.73 Å². The highest BCUT2D eigenvalue weighted by molar-refractivity contribution is 5.11. The van der Waals surface area contributed by atoms with E-state index in [2.05, 4.69) is 4.42 Å². The molecule has 6 heteroatoms. The van der Waals surface area contributed by atoms with Crippen LogP contribution in [0.1, 0.15) is 17.6 Å². The fourth-order valence-electron chi connectivity index (χ4n) is 0.808. The summed E-state index contributed by atoms with van der Waals surface area (Å²) in [5.41, 5.74) is 4.84. The quantitative estimate of drug-likeness (QED) is 0.748. The molecule has 1 atom stereocenters. The standard InChI is InChI=1S/C7H8F3NO2/c8-7(9,10)6(11)5-2-1-4(3-12)13-5/h1-2,6,12H,3,11H2/t6-/m1/s1. The van der Waals surface area contributed by atoms with Gasteiger partial charge < -0.3 is 15.3 Å². The maximum absolute atomic E-state index is 12.0. The minimum absolute atomic E-state index is 0.0645. The van der Waals surface area contributed by atoms with E-state index in [4.69, 9.17) is 10.8 Å². The van der Waals surface area contributed by atoms with Crippen LogP contribution in [0.2, 0.25) is 0 Å². The number of furan rings is 1. The normalized spacial score (nSPS) is 14.5. The van der Waals surface area contributed by atoms with Gasteiger partial charge in [0.05, 0.1) is 0 Å². The molecule has 1 aromatic rings. The van der Waals surface area contributed by atoms with Gasteiger partial charge in [-0.15, -0.1) is 0 Å². The van der Waals surface area contributed by atoms with Gasteiger partial charge in [0.2, 0.25) is 0 Å². The van der Waals surface area contributed by atoms with Crippen molar-refractivity contribution in [3.63, 3.8) is 0 Å². The molecule has 0 saturated heterocycles. The van der Waals surface area contributed by atoms with E-state index in [1.54, 1.807) is 0 Å². The minimum Gasteiger partial charge on any atom is -0.462 e. The first-order valence-corrected chi connectivity index (χ1v) is 3.47. The monoisotopic (exact) mass is 195 g/mol. The Balaban J connectivity index is 2.83. The summed E-state index contributed by atoms with van der Waals surface area (Å²) < 4.78 is 40.6. The number of rotatable bonds is 2. The van der Waals surface area contributed by atoms with Crippen LogP contribution in [0.25, 0.3) is 0 Å². The van der Waals surface area contributed by atoms with Crippen molar-refractivity contribution in [3.8, 4) is 0 Å². The lowest BCUT2D eigenvalue weighted by Crippen LogP contribution is -2.27. The zero-order valence-corrected chi connectivity index (χ0v) is 6.51. The lowest BCUT2D eigenvalue weighted by molar-refractivity contribution is -0.152. The van der Waals surface area contributed by atoms with Gasteiger partial charge in [0, 0.05) is 0 Å². The molecule has 13 heavy (non-hydrogen) atoms. The average molecular weight is 195 g/mol. The maximum atomic E-state index is 12.0. The Morgan fingerprint density at radius 1 is 1.46 bits per heavy atom. The Bertz CT molecular complexity index is 282. The average Bonchev–Trinajstić information content (AvgIpc) is 2.48. The molecule has 0 radical (unpaired) electrons. The molecule has 3 nitrogen and oxygen atoms in total. The molecular weight excluding hydrogens is 187 g/mol. The smallest absolute Gasteiger partial charge is 0.410 e. The van der Waals surface area contributed by atoms with Gasteiger partial charge in [-0.1, -0.05) is 0 Å². The summed E-state index contributed by atoms with van der Waals surface area (Å²) in [4.78, 5) is 0. The summed E-state index contributed by atoms with van der Waals surface area (Å²) in [5.74, 6) is -0.328. The summed E-state index contributed by atoms with van der Waals surface area (Å²) in [5, 5.41) is 8.52. The molecule has 0 amide bonds. The number of hydrogen-bond acceptors (Lipinski definition) is 3. The predicted octanol–water partition coefficient (Wildman–Crippen LogP) is 1.33. The molecular formula is C7H8F3NO2. The van der Waals surface area contributed by atoms with Crippen LogP contribution in [0, 0.1) is 0 Å². The number of aliphatic hydroxyl groups is 1. The molecule has 1 heterocycles. The van der Waals surface area contributed by atoms with Gasteiger partial charge in [0.1, 0.15) is 18.1 Å². The molecule has 0 aliphatic rings. The fraction of sp³-hybridized carbons (Fsp3) is 0.429. The third-order valence-corrected chi connectivity index (χ3v) is 1.50. The van der Waals surface area contributed by atoms with E-state index in [1.165, 1.54) is 6.07 Å². The zero-order chi connectivity index (χ0) is 10.1. The molecule has 0 aliphatic heterocycles. The van der Waals surface area contributed by atoms with Crippen molar-refractivity contribution in [1.82, 2.24) is 0 Å². The number of aliphatic hydroxyl groups excluding tert-OH is 1. The summed E-state index contributed by atoms with van der Waals surface area (Å²) in [6.07, 6.45) is -4.52. The lowest BCUT2D eigenvalue weighted by Gasteiger charge is -2.12. The molecule has 0 aromatic carbocycles. The van der Waals surface area contributed by atoms with Crippen molar-refractivity contribution in [2.45, 2.75) is 18.8 Å². The van der Waals surface area contributed by atoms with Crippen LogP contribution in [0.3, 0.4) is 0 Å². The number of halogens is 3. The first-order chi connectivity index (χ1) is 5.95. The summed E-state index contributed by atoms with van der Waals surface area (Å²) in [7, 11) is 0. The molecule has 3 N–H and O–H groups in total. The third-order valence-electron chi connectivity index (χ3n) is 1.50. The number of nitrogens with two attached hydrogens (primary N) is 1. The Labute approximate surface area is 72.0 Å². The second kappa shape index (κ2) is 3.39. The highest BCUT2D eigenvalue weighted by Gasteiger charge is 2.39. The van der Waals surface area contributed by atoms with E-state index in [0.717, 1.165) is 6.07 Å². The van der Waals surface area contributed by atoms with Crippen molar-refractivity contribution < 1.29 is 22.7 Å². The van der Waals surface area contributed by atoms with E-state index in [-0.39, 0.29) is 5.76 Å². The van der Waals surface area contributed by atoms with Crippen molar-refractivity contribution in [2.75, 3.05) is 0 Å². The number of hydrogen-bond donors (Lipinski definition) is 2. The van der Waals surface area contributed by atoms with E-state index in [0.29, 0.717) is 0 Å². The van der Waals surface area contributed by atoms with Crippen LogP contribution in [-0.4, -0.2) is 11.3 Å². The van der Waals surface area contributed by atoms with Gasteiger partial charge >= 0.3 is 6.18 Å². The van der Waals surface area contributed by atoms with E-state index in [1.807, 2.05) is 0 Å². The maximum Gasteiger partial charge on any atom is 0.410 e. The molecule has 0 aliphatic carbocycles. The van der Waals surface area contributed by atoms with Gasteiger partial charge in [-0.3, -0.25) is 0 Å². The van der Waals surface area contributed by atoms with E-state index in [9.17, 15) is 13.2 Å². The van der Waals surface area contributed by atoms with Crippen LogP contribution in [0.15, 0.2) is 16.5 Å². The molecule has 0 unspecified atom stereocenters. The zero-order valence-electron chi connectivity index (χ0n) is 6.51. The summed E-state index contributed by atoms with van der Waals surface area (Å²) in [6, 6.07) is 0.220. The van der Waals surface area contributed by atoms with Gasteiger partial charge in [0.25, 0.3) is 0 Å². The number of alkyl halides is 3. The van der Waals surface area contributed by atoms with Crippen LogP contribution >= 0.6 is 0 Å². The Morgan fingerprint density at radius 2 is 2.08 bits per heavy atom. The van der Waals surface area contributed by atoms with Crippen molar-refractivity contribution >= 4 is 0 Å². The fourth-order valence-corrected chi connectivity index (χ4v) is 0.808. The highest BCUT2D eigenvalue weighted by atomic mass is 19.4. The van der Waals surface area contributed by atoms with Gasteiger partial charge in [-0.25, -0.2) is 0 Å². The van der Waals surface area contributed by atoms with Crippen molar-refractivity contribution in [2.24, 2.45) is 5.73 Å². The first kappa shape index (κ1) is 10.1. The first-order valence-electron chi connectivity index (χ1n) is 3.47. The summed E-state index contributed by atoms with van der Waals surface area (Å²) >= 11 is 0. The Morgan fingerprint density at radius 3 is 2.46 bits per heavy atom. The molecule has 1 rings (SSSR count). The predicted molar refractivity (Wildman–Crippen MR) is 37.6 cm³/mol. The van der Waals surface area contributed by atoms with Crippen LogP contribution in [0.5, 0.6) is 0 Å². The topological polar surface area (TPSA) is 59.4 Å². The molecule has 0 saturated carbocycles. The van der Waals surface area contributed by atoms with Crippen LogP contribution in [-0.2, 0) is 6.61 Å². The Kier molecular flexibility index (Phi) is 2.63. The van der Waals surface area contributed by atoms with Gasteiger partial charge in [-0.2, -0.15) is 13.2 Å². The molecule has 74 valence electrons. The Hall–Kier alpha value is -1.01. The highest BCUT2D eigenvalue weighted by Crippen LogP contribution is 2.31. The molecule has 0 spiro atoms. The van der Waals surface area contributed by atoms with Crippen LogP contribution in [0.4, 0.5) is 13.2 Å². The van der Waals surface area contributed by atoms with E-state index >= 15 is 0 Å². The van der Waals surface area contributed by atoms with Crippen molar-refractivity contribution in [1.29, 1.82) is 0 Å². The molecule has 0 fully saturated rings. The van der Waals surface area contributed by atoms with E-state index < -0.39 is 24.6 Å². The second-order valence-corrected chi connectivity index (χ2v) is 2.48. The minimum atomic E-state index is -4.52. The largest absolute Gasteiger partial charge is 0.462 e. The molecule has 0 bridgehead atoms. The van der Waals surface area contributed by atoms with Gasteiger partial charge in [-0.05, 0) is 12.1 Å². The second-order valence-electron chi connectivity index (χ2n) is 2.48. The third kappa shape index (κ3) is 2.22. The summed E-state index contributed by atoms with van der Waals surface area (Å²) in [6.45, 7) is -0.440. The SMILES string of the molecule is N[C@H](c1ccc(CO)o1)C(F)(F)F. The lowest BCUT2D eigenvalue weighted by atomic mass is 10.2. The van der Waals surface area contributed by atoms with Gasteiger partial charge in [0.15, 0.2) is 6.04 Å². The van der Waals surface area contributed by atoms with Crippen molar-refractivity contribution in [3.05, 3.63) is 23.7 Å². The molecule has 1 aromatic heterocycles.